The van der Waals surface area contributed by atoms with Crippen molar-refractivity contribution >= 4 is 21.6 Å². The Morgan fingerprint density at radius 2 is 1.76 bits per heavy atom. The molecule has 0 aliphatic rings. The highest BCUT2D eigenvalue weighted by Gasteiger charge is 2.31. The summed E-state index contributed by atoms with van der Waals surface area (Å²) in [5.41, 5.74) is -0.354. The molecule has 17 heavy (non-hydrogen) atoms. The van der Waals surface area contributed by atoms with Crippen LogP contribution in [-0.2, 0) is 11.6 Å². The van der Waals surface area contributed by atoms with Crippen LogP contribution in [0.5, 0.6) is 0 Å². The van der Waals surface area contributed by atoms with Crippen molar-refractivity contribution in [2.45, 2.75) is 32.4 Å². The van der Waals surface area contributed by atoms with Gasteiger partial charge in [-0.1, -0.05) is 20.8 Å². The highest BCUT2D eigenvalue weighted by molar-refractivity contribution is 7.18. The lowest BCUT2D eigenvalue weighted by molar-refractivity contribution is -0.137. The van der Waals surface area contributed by atoms with Gasteiger partial charge in [0.1, 0.15) is 0 Å². The van der Waals surface area contributed by atoms with E-state index in [0.29, 0.717) is 5.52 Å². The first-order chi connectivity index (χ1) is 7.68. The third kappa shape index (κ3) is 2.44. The monoisotopic (exact) mass is 259 g/mol. The van der Waals surface area contributed by atoms with Crippen LogP contribution in [0.2, 0.25) is 0 Å². The van der Waals surface area contributed by atoms with Crippen molar-refractivity contribution in [1.82, 2.24) is 4.98 Å². The summed E-state index contributed by atoms with van der Waals surface area (Å²) in [5, 5.41) is 0.854. The van der Waals surface area contributed by atoms with Crippen LogP contribution in [-0.4, -0.2) is 4.98 Å². The summed E-state index contributed by atoms with van der Waals surface area (Å²) < 4.78 is 38.4. The minimum atomic E-state index is -4.31. The molecule has 0 bridgehead atoms. The normalized spacial score (nSPS) is 13.3. The topological polar surface area (TPSA) is 12.9 Å². The molecule has 0 N–H and O–H groups in total. The molecule has 0 radical (unpaired) electrons. The molecule has 1 heterocycles. The second-order valence-corrected chi connectivity index (χ2v) is 5.98. The summed E-state index contributed by atoms with van der Waals surface area (Å²) in [6.45, 7) is 5.99. The Labute approximate surface area is 101 Å². The number of alkyl halides is 3. The summed E-state index contributed by atoms with van der Waals surface area (Å²) >= 11 is 1.45. The van der Waals surface area contributed by atoms with E-state index >= 15 is 0 Å². The van der Waals surface area contributed by atoms with Gasteiger partial charge in [0.25, 0.3) is 0 Å². The molecule has 0 amide bonds. The maximum absolute atomic E-state index is 12.5. The molecule has 0 aliphatic heterocycles. The summed E-state index contributed by atoms with van der Waals surface area (Å²) in [6.07, 6.45) is -4.31. The lowest BCUT2D eigenvalue weighted by Gasteiger charge is -2.13. The van der Waals surface area contributed by atoms with E-state index in [1.54, 1.807) is 0 Å². The molecule has 2 aromatic rings. The Bertz CT molecular complexity index is 537. The van der Waals surface area contributed by atoms with E-state index in [1.165, 1.54) is 17.4 Å². The number of thiazole rings is 1. The van der Waals surface area contributed by atoms with Crippen molar-refractivity contribution in [3.05, 3.63) is 28.8 Å². The smallest absolute Gasteiger partial charge is 0.241 e. The number of rotatable bonds is 0. The number of hydrogen-bond donors (Lipinski definition) is 0. The molecular weight excluding hydrogens is 247 g/mol. The van der Waals surface area contributed by atoms with Gasteiger partial charge in [0.2, 0.25) is 0 Å². The molecule has 0 saturated carbocycles. The molecule has 1 aromatic heterocycles. The van der Waals surface area contributed by atoms with Crippen LogP contribution in [0.1, 0.15) is 31.3 Å². The first kappa shape index (κ1) is 12.4. The van der Waals surface area contributed by atoms with Gasteiger partial charge in [-0.3, -0.25) is 0 Å². The molecule has 0 atom stereocenters. The Hall–Kier alpha value is -1.10. The Morgan fingerprint density at radius 1 is 1.12 bits per heavy atom. The van der Waals surface area contributed by atoms with Gasteiger partial charge in [0, 0.05) is 5.41 Å². The van der Waals surface area contributed by atoms with Crippen LogP contribution in [0.3, 0.4) is 0 Å². The molecule has 0 unspecified atom stereocenters. The van der Waals surface area contributed by atoms with Crippen molar-refractivity contribution in [1.29, 1.82) is 0 Å². The van der Waals surface area contributed by atoms with E-state index in [2.05, 4.69) is 4.98 Å². The molecule has 1 nitrogen and oxygen atoms in total. The number of hydrogen-bond acceptors (Lipinski definition) is 2. The first-order valence-electron chi connectivity index (χ1n) is 5.16. The third-order valence-electron chi connectivity index (χ3n) is 2.36. The molecule has 0 aliphatic carbocycles. The molecular formula is C12H12F3NS. The predicted molar refractivity (Wildman–Crippen MR) is 63.3 cm³/mol. The highest BCUT2D eigenvalue weighted by atomic mass is 32.1. The molecule has 0 spiro atoms. The second kappa shape index (κ2) is 3.70. The van der Waals surface area contributed by atoms with Gasteiger partial charge in [-0.25, -0.2) is 4.98 Å². The van der Waals surface area contributed by atoms with Crippen molar-refractivity contribution in [2.24, 2.45) is 0 Å². The average molecular weight is 259 g/mol. The van der Waals surface area contributed by atoms with Crippen molar-refractivity contribution in [3.8, 4) is 0 Å². The van der Waals surface area contributed by atoms with Crippen LogP contribution >= 0.6 is 11.3 Å². The fourth-order valence-corrected chi connectivity index (χ4v) is 2.43. The Morgan fingerprint density at radius 3 is 2.29 bits per heavy atom. The average Bonchev–Trinajstić information content (AvgIpc) is 2.57. The second-order valence-electron chi connectivity index (χ2n) is 4.95. The van der Waals surface area contributed by atoms with E-state index in [9.17, 15) is 13.2 Å². The van der Waals surface area contributed by atoms with Gasteiger partial charge in [-0.05, 0) is 18.2 Å². The highest BCUT2D eigenvalue weighted by Crippen LogP contribution is 2.35. The zero-order valence-electron chi connectivity index (χ0n) is 9.72. The molecule has 0 saturated heterocycles. The summed E-state index contributed by atoms with van der Waals surface area (Å²) in [4.78, 5) is 4.28. The van der Waals surface area contributed by atoms with Crippen LogP contribution in [0.25, 0.3) is 10.2 Å². The summed E-state index contributed by atoms with van der Waals surface area (Å²) in [7, 11) is 0. The zero-order valence-corrected chi connectivity index (χ0v) is 10.5. The van der Waals surface area contributed by atoms with Crippen LogP contribution < -0.4 is 0 Å². The minimum absolute atomic E-state index is 0.137. The fraction of sp³-hybridized carbons (Fsp3) is 0.417. The minimum Gasteiger partial charge on any atom is -0.241 e. The Kier molecular flexibility index (Phi) is 2.69. The number of aromatic nitrogens is 1. The van der Waals surface area contributed by atoms with E-state index in [0.717, 1.165) is 21.8 Å². The summed E-state index contributed by atoms with van der Waals surface area (Å²) in [6, 6.07) is 3.71. The predicted octanol–water partition coefficient (Wildman–Crippen LogP) is 4.61. The van der Waals surface area contributed by atoms with E-state index in [1.807, 2.05) is 20.8 Å². The van der Waals surface area contributed by atoms with Gasteiger partial charge in [-0.2, -0.15) is 13.2 Å². The van der Waals surface area contributed by atoms with E-state index in [-0.39, 0.29) is 5.41 Å². The van der Waals surface area contributed by atoms with Crippen molar-refractivity contribution in [2.75, 3.05) is 0 Å². The lowest BCUT2D eigenvalue weighted by atomic mass is 9.98. The molecule has 2 rings (SSSR count). The van der Waals surface area contributed by atoms with E-state index < -0.39 is 11.7 Å². The van der Waals surface area contributed by atoms with Gasteiger partial charge in [-0.15, -0.1) is 11.3 Å². The number of benzene rings is 1. The van der Waals surface area contributed by atoms with Gasteiger partial charge in [0.05, 0.1) is 20.8 Å². The largest absolute Gasteiger partial charge is 0.416 e. The van der Waals surface area contributed by atoms with Gasteiger partial charge < -0.3 is 0 Å². The van der Waals surface area contributed by atoms with Crippen molar-refractivity contribution < 1.29 is 13.2 Å². The number of fused-ring (bicyclic) bond motifs is 1. The molecule has 92 valence electrons. The lowest BCUT2D eigenvalue weighted by Crippen LogP contribution is -2.09. The fourth-order valence-electron chi connectivity index (χ4n) is 1.42. The maximum Gasteiger partial charge on any atom is 0.416 e. The Balaban J connectivity index is 2.56. The molecule has 0 fully saturated rings. The van der Waals surface area contributed by atoms with Crippen molar-refractivity contribution in [3.63, 3.8) is 0 Å². The van der Waals surface area contributed by atoms with E-state index in [4.69, 9.17) is 0 Å². The number of halogens is 3. The summed E-state index contributed by atoms with van der Waals surface area (Å²) in [5.74, 6) is 0. The SMILES string of the molecule is CC(C)(C)c1nc2cc(C(F)(F)F)ccc2s1. The standard InChI is InChI=1S/C12H12F3NS/c1-11(2,3)10-16-8-6-7(12(13,14)15)4-5-9(8)17-10/h4-6H,1-3H3. The van der Waals surface area contributed by atoms with Gasteiger partial charge >= 0.3 is 6.18 Å². The van der Waals surface area contributed by atoms with Crippen LogP contribution in [0, 0.1) is 0 Å². The maximum atomic E-state index is 12.5. The zero-order chi connectivity index (χ0) is 12.8. The van der Waals surface area contributed by atoms with Gasteiger partial charge in [0.15, 0.2) is 0 Å². The first-order valence-corrected chi connectivity index (χ1v) is 5.98. The van der Waals surface area contributed by atoms with Crippen LogP contribution in [0.15, 0.2) is 18.2 Å². The quantitative estimate of drug-likeness (QED) is 0.673. The van der Waals surface area contributed by atoms with Crippen LogP contribution in [0.4, 0.5) is 13.2 Å². The third-order valence-corrected chi connectivity index (χ3v) is 3.82. The molecule has 1 aromatic carbocycles. The molecule has 5 heteroatoms. The number of nitrogens with zero attached hydrogens (tertiary/aromatic N) is 1.